The van der Waals surface area contributed by atoms with Gasteiger partial charge in [-0.3, -0.25) is 13.8 Å². The molecule has 0 saturated carbocycles. The fraction of sp³-hybridized carbons (Fsp3) is 0.240. The highest BCUT2D eigenvalue weighted by Gasteiger charge is 2.36. The Balaban J connectivity index is 1.49. The largest absolute Gasteiger partial charge is 0.476 e. The number of rotatable bonds is 7. The van der Waals surface area contributed by atoms with Gasteiger partial charge in [-0.05, 0) is 74.4 Å². The third-order valence-electron chi connectivity index (χ3n) is 5.80. The number of carbonyl (C=O) groups excluding carboxylic acids is 1. The molecule has 0 aliphatic carbocycles. The second-order valence-electron chi connectivity index (χ2n) is 8.44. The van der Waals surface area contributed by atoms with Crippen molar-refractivity contribution in [1.29, 1.82) is 0 Å². The average Bonchev–Trinajstić information content (AvgIpc) is 2.85. The number of amides is 1. The zero-order chi connectivity index (χ0) is 26.1. The predicted molar refractivity (Wildman–Crippen MR) is 139 cm³/mol. The second-order valence-corrected chi connectivity index (χ2v) is 12.3. The summed E-state index contributed by atoms with van der Waals surface area (Å²) < 4.78 is 60.5. The van der Waals surface area contributed by atoms with Crippen LogP contribution in [0.4, 0.5) is 17.1 Å². The van der Waals surface area contributed by atoms with Gasteiger partial charge in [0.15, 0.2) is 6.10 Å². The minimum Gasteiger partial charge on any atom is -0.476 e. The number of nitrogens with zero attached hydrogens (tertiary/aromatic N) is 1. The Morgan fingerprint density at radius 3 is 2.39 bits per heavy atom. The number of para-hydroxylation sites is 2. The minimum atomic E-state index is -3.84. The molecule has 1 aliphatic rings. The van der Waals surface area contributed by atoms with E-state index in [-0.39, 0.29) is 17.2 Å². The molecule has 1 amide bonds. The van der Waals surface area contributed by atoms with E-state index in [2.05, 4.69) is 10.0 Å². The van der Waals surface area contributed by atoms with E-state index in [4.69, 9.17) is 4.74 Å². The van der Waals surface area contributed by atoms with Crippen molar-refractivity contribution in [2.75, 3.05) is 26.6 Å². The Kier molecular flexibility index (Phi) is 6.96. The maximum Gasteiger partial charge on any atom is 0.267 e. The molecule has 9 nitrogen and oxygen atoms in total. The summed E-state index contributed by atoms with van der Waals surface area (Å²) in [5, 5.41) is 2.68. The Hall–Kier alpha value is -3.57. The van der Waals surface area contributed by atoms with Crippen molar-refractivity contribution in [2.24, 2.45) is 0 Å². The first kappa shape index (κ1) is 25.5. The molecule has 190 valence electrons. The topological polar surface area (TPSA) is 122 Å². The molecule has 0 bridgehead atoms. The van der Waals surface area contributed by atoms with Crippen LogP contribution in [0, 0.1) is 13.8 Å². The van der Waals surface area contributed by atoms with Crippen molar-refractivity contribution < 1.29 is 26.4 Å². The van der Waals surface area contributed by atoms with Gasteiger partial charge in [-0.25, -0.2) is 16.8 Å². The third-order valence-corrected chi connectivity index (χ3v) is 8.93. The Morgan fingerprint density at radius 1 is 1.00 bits per heavy atom. The summed E-state index contributed by atoms with van der Waals surface area (Å²) in [6, 6.07) is 17.8. The van der Waals surface area contributed by atoms with Gasteiger partial charge >= 0.3 is 0 Å². The van der Waals surface area contributed by atoms with Crippen molar-refractivity contribution >= 4 is 43.0 Å². The van der Waals surface area contributed by atoms with E-state index in [1.807, 2.05) is 26.0 Å². The standard InChI is InChI=1S/C25H27N3O6S2/c1-4-35(30,31)28-16-24(34-23-8-6-5-7-22(23)28)25(29)26-19-11-13-20(14-12-19)36(32,33)27-21-15-17(2)9-10-18(21)3/h5-15,24,27H,4,16H2,1-3H3,(H,26,29)/t24-/m1/s1. The molecular weight excluding hydrogens is 502 g/mol. The number of hydrogen-bond donors (Lipinski definition) is 2. The van der Waals surface area contributed by atoms with Crippen molar-refractivity contribution in [3.05, 3.63) is 77.9 Å². The molecule has 0 radical (unpaired) electrons. The van der Waals surface area contributed by atoms with Crippen molar-refractivity contribution in [3.8, 4) is 5.75 Å². The van der Waals surface area contributed by atoms with E-state index in [9.17, 15) is 21.6 Å². The van der Waals surface area contributed by atoms with Crippen LogP contribution in [-0.4, -0.2) is 41.1 Å². The number of fused-ring (bicyclic) bond motifs is 1. The molecule has 11 heteroatoms. The summed E-state index contributed by atoms with van der Waals surface area (Å²) in [6.07, 6.45) is -1.09. The molecule has 0 fully saturated rings. The molecule has 0 saturated heterocycles. The van der Waals surface area contributed by atoms with Crippen molar-refractivity contribution in [1.82, 2.24) is 0 Å². The van der Waals surface area contributed by atoms with Crippen molar-refractivity contribution in [3.63, 3.8) is 0 Å². The van der Waals surface area contributed by atoms with E-state index in [0.29, 0.717) is 22.8 Å². The van der Waals surface area contributed by atoms with Gasteiger partial charge in [0.1, 0.15) is 5.75 Å². The molecule has 0 spiro atoms. The highest BCUT2D eigenvalue weighted by Crippen LogP contribution is 2.35. The van der Waals surface area contributed by atoms with E-state index >= 15 is 0 Å². The van der Waals surface area contributed by atoms with Gasteiger partial charge in [-0.1, -0.05) is 24.3 Å². The fourth-order valence-corrected chi connectivity index (χ4v) is 5.99. The van der Waals surface area contributed by atoms with Crippen LogP contribution >= 0.6 is 0 Å². The SMILES string of the molecule is CCS(=O)(=O)N1C[C@H](C(=O)Nc2ccc(S(=O)(=O)Nc3cc(C)ccc3C)cc2)Oc2ccccc21. The fourth-order valence-electron chi connectivity index (χ4n) is 3.75. The average molecular weight is 530 g/mol. The van der Waals surface area contributed by atoms with Gasteiger partial charge in [-0.2, -0.15) is 0 Å². The number of ether oxygens (including phenoxy) is 1. The van der Waals surface area contributed by atoms with Crippen LogP contribution in [0.15, 0.2) is 71.6 Å². The third kappa shape index (κ3) is 5.31. The molecule has 3 aromatic carbocycles. The lowest BCUT2D eigenvalue weighted by atomic mass is 10.1. The Labute approximate surface area is 211 Å². The number of carbonyl (C=O) groups is 1. The lowest BCUT2D eigenvalue weighted by Gasteiger charge is -2.34. The Bertz CT molecular complexity index is 1500. The van der Waals surface area contributed by atoms with Gasteiger partial charge in [0.2, 0.25) is 10.0 Å². The monoisotopic (exact) mass is 529 g/mol. The molecule has 0 unspecified atom stereocenters. The molecular formula is C25H27N3O6S2. The smallest absolute Gasteiger partial charge is 0.267 e. The summed E-state index contributed by atoms with van der Waals surface area (Å²) in [5.74, 6) is -0.383. The van der Waals surface area contributed by atoms with Crippen LogP contribution in [0.5, 0.6) is 5.75 Å². The first-order chi connectivity index (χ1) is 17.0. The highest BCUT2D eigenvalue weighted by atomic mass is 32.2. The van der Waals surface area contributed by atoms with Crippen LogP contribution < -0.4 is 19.1 Å². The Morgan fingerprint density at radius 2 is 1.69 bits per heavy atom. The van der Waals surface area contributed by atoms with Crippen LogP contribution in [0.3, 0.4) is 0 Å². The molecule has 3 aromatic rings. The normalized spacial score (nSPS) is 15.5. The van der Waals surface area contributed by atoms with Crippen molar-refractivity contribution in [2.45, 2.75) is 31.8 Å². The maximum absolute atomic E-state index is 12.9. The van der Waals surface area contributed by atoms with E-state index in [1.54, 1.807) is 30.3 Å². The van der Waals surface area contributed by atoms with E-state index in [0.717, 1.165) is 11.1 Å². The van der Waals surface area contributed by atoms with E-state index < -0.39 is 32.1 Å². The van der Waals surface area contributed by atoms with Crippen LogP contribution in [-0.2, 0) is 24.8 Å². The molecule has 36 heavy (non-hydrogen) atoms. The van der Waals surface area contributed by atoms with Crippen LogP contribution in [0.25, 0.3) is 0 Å². The predicted octanol–water partition coefficient (Wildman–Crippen LogP) is 3.66. The summed E-state index contributed by atoms with van der Waals surface area (Å²) in [5.41, 5.74) is 2.94. The molecule has 1 aliphatic heterocycles. The van der Waals surface area contributed by atoms with Gasteiger partial charge in [0, 0.05) is 5.69 Å². The number of anilines is 3. The summed E-state index contributed by atoms with van der Waals surface area (Å²) in [7, 11) is -7.47. The zero-order valence-corrected chi connectivity index (χ0v) is 21.7. The first-order valence-corrected chi connectivity index (χ1v) is 14.4. The zero-order valence-electron chi connectivity index (χ0n) is 20.1. The molecule has 1 heterocycles. The van der Waals surface area contributed by atoms with Gasteiger partial charge < -0.3 is 10.1 Å². The van der Waals surface area contributed by atoms with Gasteiger partial charge in [-0.15, -0.1) is 0 Å². The number of hydrogen-bond acceptors (Lipinski definition) is 6. The number of benzene rings is 3. The lowest BCUT2D eigenvalue weighted by molar-refractivity contribution is -0.122. The van der Waals surface area contributed by atoms with E-state index in [1.165, 1.54) is 35.5 Å². The van der Waals surface area contributed by atoms with Gasteiger partial charge in [0.05, 0.1) is 28.6 Å². The van der Waals surface area contributed by atoms with Crippen LogP contribution in [0.1, 0.15) is 18.1 Å². The molecule has 0 aromatic heterocycles. The minimum absolute atomic E-state index is 0.0319. The summed E-state index contributed by atoms with van der Waals surface area (Å²) in [4.78, 5) is 13.0. The molecule has 2 N–H and O–H groups in total. The van der Waals surface area contributed by atoms with Gasteiger partial charge in [0.25, 0.3) is 15.9 Å². The number of nitrogens with one attached hydrogen (secondary N) is 2. The molecule has 1 atom stereocenters. The first-order valence-electron chi connectivity index (χ1n) is 11.3. The summed E-state index contributed by atoms with van der Waals surface area (Å²) >= 11 is 0. The van der Waals surface area contributed by atoms with Crippen LogP contribution in [0.2, 0.25) is 0 Å². The second kappa shape index (κ2) is 9.82. The number of sulfonamides is 2. The maximum atomic E-state index is 12.9. The lowest BCUT2D eigenvalue weighted by Crippen LogP contribution is -2.49. The summed E-state index contributed by atoms with van der Waals surface area (Å²) in [6.45, 7) is 5.05. The molecule has 4 rings (SSSR count). The highest BCUT2D eigenvalue weighted by molar-refractivity contribution is 7.93. The quantitative estimate of drug-likeness (QED) is 0.482. The number of aryl methyl sites for hydroxylation is 2.